The van der Waals surface area contributed by atoms with Gasteiger partial charge in [-0.15, -0.1) is 0 Å². The first-order valence-electron chi connectivity index (χ1n) is 5.82. The predicted molar refractivity (Wildman–Crippen MR) is 63.0 cm³/mol. The average Bonchev–Trinajstić information content (AvgIpc) is 2.27. The van der Waals surface area contributed by atoms with Crippen LogP contribution in [-0.2, 0) is 11.3 Å². The molecule has 1 aliphatic heterocycles. The Morgan fingerprint density at radius 2 is 2.38 bits per heavy atom. The quantitative estimate of drug-likeness (QED) is 0.759. The van der Waals surface area contributed by atoms with Crippen molar-refractivity contribution < 1.29 is 4.79 Å². The van der Waals surface area contributed by atoms with Gasteiger partial charge in [-0.3, -0.25) is 14.7 Å². The molecular weight excluding hydrogens is 200 g/mol. The molecule has 1 fully saturated rings. The first kappa shape index (κ1) is 11.3. The Balaban J connectivity index is 2.01. The van der Waals surface area contributed by atoms with Crippen molar-refractivity contribution >= 4 is 5.78 Å². The number of piperidine rings is 1. The smallest absolute Gasteiger partial charge is 0.138 e. The summed E-state index contributed by atoms with van der Waals surface area (Å²) in [7, 11) is 0. The lowest BCUT2D eigenvalue weighted by Crippen LogP contribution is -2.39. The minimum absolute atomic E-state index is 0.178. The number of aromatic nitrogens is 1. The zero-order valence-electron chi connectivity index (χ0n) is 9.94. The fourth-order valence-electron chi connectivity index (χ4n) is 2.13. The third-order valence-corrected chi connectivity index (χ3v) is 3.25. The predicted octanol–water partition coefficient (Wildman–Crippen LogP) is 1.80. The monoisotopic (exact) mass is 218 g/mol. The summed E-state index contributed by atoms with van der Waals surface area (Å²) < 4.78 is 0. The van der Waals surface area contributed by atoms with E-state index in [4.69, 9.17) is 0 Å². The van der Waals surface area contributed by atoms with Gasteiger partial charge in [-0.25, -0.2) is 0 Å². The highest BCUT2D eigenvalue weighted by atomic mass is 16.1. The molecule has 3 nitrogen and oxygen atoms in total. The fraction of sp³-hybridized carbons (Fsp3) is 0.538. The molecule has 1 aromatic heterocycles. The van der Waals surface area contributed by atoms with Crippen molar-refractivity contribution in [2.24, 2.45) is 5.92 Å². The topological polar surface area (TPSA) is 33.2 Å². The van der Waals surface area contributed by atoms with Gasteiger partial charge in [0, 0.05) is 38.2 Å². The lowest BCUT2D eigenvalue weighted by atomic mass is 9.98. The van der Waals surface area contributed by atoms with Gasteiger partial charge in [-0.05, 0) is 18.6 Å². The van der Waals surface area contributed by atoms with Gasteiger partial charge < -0.3 is 0 Å². The summed E-state index contributed by atoms with van der Waals surface area (Å²) in [5.41, 5.74) is 2.36. The van der Waals surface area contributed by atoms with Gasteiger partial charge >= 0.3 is 0 Å². The molecule has 2 heterocycles. The molecule has 3 heteroatoms. The maximum absolute atomic E-state index is 11.4. The SMILES string of the molecule is Cc1cccnc1CN1CCC(=O)C(C)C1. The minimum Gasteiger partial charge on any atom is -0.299 e. The molecule has 0 spiro atoms. The Labute approximate surface area is 96.5 Å². The molecule has 1 saturated heterocycles. The number of pyridine rings is 1. The minimum atomic E-state index is 0.178. The van der Waals surface area contributed by atoms with E-state index in [0.717, 1.165) is 25.3 Å². The highest BCUT2D eigenvalue weighted by Gasteiger charge is 2.23. The van der Waals surface area contributed by atoms with Crippen molar-refractivity contribution in [1.29, 1.82) is 0 Å². The number of carbonyl (C=O) groups excluding carboxylic acids is 1. The molecule has 0 aliphatic carbocycles. The highest BCUT2D eigenvalue weighted by molar-refractivity contribution is 5.81. The summed E-state index contributed by atoms with van der Waals surface area (Å²) in [4.78, 5) is 18.1. The molecule has 2 rings (SSSR count). The fourth-order valence-corrected chi connectivity index (χ4v) is 2.13. The van der Waals surface area contributed by atoms with Gasteiger partial charge in [0.05, 0.1) is 5.69 Å². The van der Waals surface area contributed by atoms with E-state index in [2.05, 4.69) is 22.9 Å². The molecular formula is C13H18N2O. The van der Waals surface area contributed by atoms with Gasteiger partial charge in [-0.1, -0.05) is 13.0 Å². The largest absolute Gasteiger partial charge is 0.299 e. The van der Waals surface area contributed by atoms with Crippen molar-refractivity contribution in [3.05, 3.63) is 29.6 Å². The Kier molecular flexibility index (Phi) is 3.34. The number of hydrogen-bond donors (Lipinski definition) is 0. The molecule has 1 aliphatic rings. The number of ketones is 1. The number of rotatable bonds is 2. The molecule has 0 N–H and O–H groups in total. The van der Waals surface area contributed by atoms with Crippen LogP contribution in [0.4, 0.5) is 0 Å². The van der Waals surface area contributed by atoms with E-state index < -0.39 is 0 Å². The Morgan fingerprint density at radius 3 is 3.06 bits per heavy atom. The van der Waals surface area contributed by atoms with Crippen LogP contribution in [0.3, 0.4) is 0 Å². The molecule has 86 valence electrons. The Morgan fingerprint density at radius 1 is 1.56 bits per heavy atom. The summed E-state index contributed by atoms with van der Waals surface area (Å²) >= 11 is 0. The van der Waals surface area contributed by atoms with Crippen LogP contribution in [0.2, 0.25) is 0 Å². The zero-order valence-corrected chi connectivity index (χ0v) is 9.94. The summed E-state index contributed by atoms with van der Waals surface area (Å²) in [6.45, 7) is 6.71. The van der Waals surface area contributed by atoms with Crippen LogP contribution in [0, 0.1) is 12.8 Å². The van der Waals surface area contributed by atoms with E-state index in [9.17, 15) is 4.79 Å². The molecule has 0 bridgehead atoms. The van der Waals surface area contributed by atoms with Gasteiger partial charge in [-0.2, -0.15) is 0 Å². The van der Waals surface area contributed by atoms with Crippen LogP contribution in [-0.4, -0.2) is 28.8 Å². The van der Waals surface area contributed by atoms with Crippen LogP contribution in [0.5, 0.6) is 0 Å². The van der Waals surface area contributed by atoms with Crippen molar-refractivity contribution in [1.82, 2.24) is 9.88 Å². The maximum Gasteiger partial charge on any atom is 0.138 e. The van der Waals surface area contributed by atoms with Gasteiger partial charge in [0.25, 0.3) is 0 Å². The lowest BCUT2D eigenvalue weighted by molar-refractivity contribution is -0.125. The van der Waals surface area contributed by atoms with Crippen LogP contribution in [0.25, 0.3) is 0 Å². The van der Waals surface area contributed by atoms with E-state index >= 15 is 0 Å². The summed E-state index contributed by atoms with van der Waals surface area (Å²) in [6, 6.07) is 4.04. The van der Waals surface area contributed by atoms with E-state index in [1.165, 1.54) is 5.56 Å². The molecule has 0 amide bonds. The van der Waals surface area contributed by atoms with Crippen LogP contribution >= 0.6 is 0 Å². The summed E-state index contributed by atoms with van der Waals surface area (Å²) in [5.74, 6) is 0.576. The van der Waals surface area contributed by atoms with Crippen molar-refractivity contribution in [2.45, 2.75) is 26.8 Å². The standard InChI is InChI=1S/C13H18N2O/c1-10-4-3-6-14-12(10)9-15-7-5-13(16)11(2)8-15/h3-4,6,11H,5,7-9H2,1-2H3. The third-order valence-electron chi connectivity index (χ3n) is 3.25. The second-order valence-corrected chi connectivity index (χ2v) is 4.62. The van der Waals surface area contributed by atoms with Crippen molar-refractivity contribution in [3.8, 4) is 0 Å². The van der Waals surface area contributed by atoms with Crippen LogP contribution < -0.4 is 0 Å². The third kappa shape index (κ3) is 2.47. The van der Waals surface area contributed by atoms with Crippen LogP contribution in [0.1, 0.15) is 24.6 Å². The number of carbonyl (C=O) groups is 1. The second kappa shape index (κ2) is 4.74. The zero-order chi connectivity index (χ0) is 11.5. The second-order valence-electron chi connectivity index (χ2n) is 4.62. The number of Topliss-reactive ketones (excluding diaryl/α,β-unsaturated/α-hetero) is 1. The highest BCUT2D eigenvalue weighted by Crippen LogP contribution is 2.15. The lowest BCUT2D eigenvalue weighted by Gasteiger charge is -2.29. The summed E-state index contributed by atoms with van der Waals surface area (Å²) in [5, 5.41) is 0. The number of likely N-dealkylation sites (tertiary alicyclic amines) is 1. The first-order valence-corrected chi connectivity index (χ1v) is 5.82. The normalized spacial score (nSPS) is 22.4. The van der Waals surface area contributed by atoms with Crippen LogP contribution in [0.15, 0.2) is 18.3 Å². The molecule has 0 radical (unpaired) electrons. The van der Waals surface area contributed by atoms with E-state index in [1.54, 1.807) is 0 Å². The Bertz CT molecular complexity index is 389. The molecule has 1 aromatic rings. The first-order chi connectivity index (χ1) is 7.66. The molecule has 0 aromatic carbocycles. The number of aryl methyl sites for hydroxylation is 1. The van der Waals surface area contributed by atoms with E-state index in [0.29, 0.717) is 12.2 Å². The molecule has 0 saturated carbocycles. The van der Waals surface area contributed by atoms with Crippen molar-refractivity contribution in [3.63, 3.8) is 0 Å². The van der Waals surface area contributed by atoms with Gasteiger partial charge in [0.2, 0.25) is 0 Å². The van der Waals surface area contributed by atoms with Gasteiger partial charge in [0.15, 0.2) is 0 Å². The van der Waals surface area contributed by atoms with Crippen molar-refractivity contribution in [2.75, 3.05) is 13.1 Å². The number of nitrogens with zero attached hydrogens (tertiary/aromatic N) is 2. The molecule has 1 atom stereocenters. The average molecular weight is 218 g/mol. The maximum atomic E-state index is 11.4. The van der Waals surface area contributed by atoms with E-state index in [1.807, 2.05) is 19.2 Å². The Hall–Kier alpha value is -1.22. The number of hydrogen-bond acceptors (Lipinski definition) is 3. The van der Waals surface area contributed by atoms with Gasteiger partial charge in [0.1, 0.15) is 5.78 Å². The van der Waals surface area contributed by atoms with E-state index in [-0.39, 0.29) is 5.92 Å². The molecule has 16 heavy (non-hydrogen) atoms. The molecule has 1 unspecified atom stereocenters. The summed E-state index contributed by atoms with van der Waals surface area (Å²) in [6.07, 6.45) is 2.52.